The Morgan fingerprint density at radius 2 is 1.71 bits per heavy atom. The zero-order valence-corrected chi connectivity index (χ0v) is 15.1. The number of carbonyl (C=O) groups is 2. The van der Waals surface area contributed by atoms with Gasteiger partial charge in [0.2, 0.25) is 0 Å². The summed E-state index contributed by atoms with van der Waals surface area (Å²) in [7, 11) is -3.58. The van der Waals surface area contributed by atoms with E-state index in [9.17, 15) is 18.0 Å². The van der Waals surface area contributed by atoms with Crippen molar-refractivity contribution < 1.29 is 22.7 Å². The minimum Gasteiger partial charge on any atom is -0.452 e. The van der Waals surface area contributed by atoms with E-state index in [1.54, 1.807) is 24.3 Å². The monoisotopic (exact) mass is 411 g/mol. The molecule has 6 nitrogen and oxygen atoms in total. The van der Waals surface area contributed by atoms with Crippen LogP contribution in [0.3, 0.4) is 0 Å². The molecule has 0 saturated heterocycles. The first-order valence-corrected chi connectivity index (χ1v) is 9.48. The first-order chi connectivity index (χ1) is 11.3. The summed E-state index contributed by atoms with van der Waals surface area (Å²) in [6.07, 6.45) is 0.999. The van der Waals surface area contributed by atoms with E-state index in [1.165, 1.54) is 24.3 Å². The lowest BCUT2D eigenvalue weighted by molar-refractivity contribution is -0.119. The van der Waals surface area contributed by atoms with Gasteiger partial charge < -0.3 is 10.1 Å². The molecule has 0 atom stereocenters. The number of benzene rings is 2. The molecule has 0 aliphatic heterocycles. The van der Waals surface area contributed by atoms with Crippen molar-refractivity contribution in [1.29, 1.82) is 0 Å². The average Bonchev–Trinajstić information content (AvgIpc) is 2.54. The van der Waals surface area contributed by atoms with E-state index >= 15 is 0 Å². The second-order valence-corrected chi connectivity index (χ2v) is 7.71. The van der Waals surface area contributed by atoms with Crippen molar-refractivity contribution in [3.05, 3.63) is 58.6 Å². The Bertz CT molecular complexity index is 880. The van der Waals surface area contributed by atoms with E-state index in [2.05, 4.69) is 21.2 Å². The Kier molecular flexibility index (Phi) is 5.74. The van der Waals surface area contributed by atoms with E-state index in [4.69, 9.17) is 4.74 Å². The quantitative estimate of drug-likeness (QED) is 0.763. The lowest BCUT2D eigenvalue weighted by Gasteiger charge is -2.09. The zero-order valence-electron chi connectivity index (χ0n) is 12.7. The lowest BCUT2D eigenvalue weighted by Crippen LogP contribution is -2.22. The Hall–Kier alpha value is -2.19. The van der Waals surface area contributed by atoms with Gasteiger partial charge in [-0.15, -0.1) is 0 Å². The van der Waals surface area contributed by atoms with E-state index in [-0.39, 0.29) is 10.5 Å². The van der Waals surface area contributed by atoms with Gasteiger partial charge in [0.1, 0.15) is 0 Å². The van der Waals surface area contributed by atoms with Crippen molar-refractivity contribution >= 4 is 43.3 Å². The van der Waals surface area contributed by atoms with Gasteiger partial charge in [-0.3, -0.25) is 4.79 Å². The number of anilines is 1. The fourth-order valence-electron chi connectivity index (χ4n) is 1.92. The number of hydrogen-bond acceptors (Lipinski definition) is 5. The number of hydrogen-bond donors (Lipinski definition) is 1. The molecule has 0 radical (unpaired) electrons. The minimum atomic E-state index is -3.58. The molecule has 2 aromatic rings. The van der Waals surface area contributed by atoms with E-state index < -0.39 is 28.3 Å². The van der Waals surface area contributed by atoms with Crippen LogP contribution in [0.1, 0.15) is 10.4 Å². The molecule has 0 saturated carbocycles. The summed E-state index contributed by atoms with van der Waals surface area (Å²) in [5.74, 6) is -1.41. The topological polar surface area (TPSA) is 89.5 Å². The van der Waals surface area contributed by atoms with Gasteiger partial charge in [-0.2, -0.15) is 0 Å². The van der Waals surface area contributed by atoms with E-state index in [1.807, 2.05) is 0 Å². The van der Waals surface area contributed by atoms with Crippen molar-refractivity contribution in [3.8, 4) is 0 Å². The first-order valence-electron chi connectivity index (χ1n) is 6.79. The highest BCUT2D eigenvalue weighted by atomic mass is 79.9. The van der Waals surface area contributed by atoms with Gasteiger partial charge in [0, 0.05) is 10.7 Å². The predicted octanol–water partition coefficient (Wildman–Crippen LogP) is 2.65. The van der Waals surface area contributed by atoms with Crippen LogP contribution in [0.2, 0.25) is 0 Å². The molecule has 24 heavy (non-hydrogen) atoms. The summed E-state index contributed by atoms with van der Waals surface area (Å²) >= 11 is 3.28. The third kappa shape index (κ3) is 4.65. The molecule has 2 aromatic carbocycles. The van der Waals surface area contributed by atoms with E-state index in [0.29, 0.717) is 10.2 Å². The number of rotatable bonds is 5. The summed E-state index contributed by atoms with van der Waals surface area (Å²) in [5, 5.41) is 2.58. The molecule has 0 heterocycles. The highest BCUT2D eigenvalue weighted by Gasteiger charge is 2.20. The SMILES string of the molecule is CS(=O)(=O)c1ccccc1C(=O)OCC(=O)Nc1ccccc1Br. The Balaban J connectivity index is 2.04. The van der Waals surface area contributed by atoms with Crippen LogP contribution in [0.25, 0.3) is 0 Å². The largest absolute Gasteiger partial charge is 0.452 e. The van der Waals surface area contributed by atoms with Gasteiger partial charge in [0.05, 0.1) is 16.1 Å². The highest BCUT2D eigenvalue weighted by molar-refractivity contribution is 9.10. The summed E-state index contributed by atoms with van der Waals surface area (Å²) in [6, 6.07) is 12.7. The maximum Gasteiger partial charge on any atom is 0.339 e. The first kappa shape index (κ1) is 18.2. The van der Waals surface area contributed by atoms with Crippen molar-refractivity contribution in [2.24, 2.45) is 0 Å². The molecule has 2 rings (SSSR count). The van der Waals surface area contributed by atoms with Crippen molar-refractivity contribution in [3.63, 3.8) is 0 Å². The summed E-state index contributed by atoms with van der Waals surface area (Å²) in [6.45, 7) is -0.530. The average molecular weight is 412 g/mol. The maximum atomic E-state index is 12.1. The third-order valence-corrected chi connectivity index (χ3v) is 4.84. The number of sulfone groups is 1. The maximum absolute atomic E-state index is 12.1. The van der Waals surface area contributed by atoms with Crippen LogP contribution in [-0.4, -0.2) is 33.2 Å². The molecule has 0 bridgehead atoms. The molecular formula is C16H14BrNO5S. The molecule has 0 aliphatic carbocycles. The second kappa shape index (κ2) is 7.59. The number of esters is 1. The van der Waals surface area contributed by atoms with Gasteiger partial charge in [0.25, 0.3) is 5.91 Å². The van der Waals surface area contributed by atoms with Crippen LogP contribution in [0, 0.1) is 0 Å². The van der Waals surface area contributed by atoms with Gasteiger partial charge in [0.15, 0.2) is 16.4 Å². The van der Waals surface area contributed by atoms with Gasteiger partial charge in [-0.25, -0.2) is 13.2 Å². The lowest BCUT2D eigenvalue weighted by atomic mass is 10.2. The standard InChI is InChI=1S/C16H14BrNO5S/c1-24(21,22)14-9-5-2-6-11(14)16(20)23-10-15(19)18-13-8-4-3-7-12(13)17/h2-9H,10H2,1H3,(H,18,19). The normalized spacial score (nSPS) is 10.9. The van der Waals surface area contributed by atoms with Crippen LogP contribution >= 0.6 is 15.9 Å². The number of ether oxygens (including phenoxy) is 1. The summed E-state index contributed by atoms with van der Waals surface area (Å²) in [4.78, 5) is 23.8. The van der Waals surface area contributed by atoms with Crippen LogP contribution < -0.4 is 5.32 Å². The molecule has 8 heteroatoms. The van der Waals surface area contributed by atoms with Gasteiger partial charge >= 0.3 is 5.97 Å². The minimum absolute atomic E-state index is 0.103. The molecular weight excluding hydrogens is 398 g/mol. The Morgan fingerprint density at radius 3 is 2.38 bits per heavy atom. The Labute approximate surface area is 147 Å². The number of para-hydroxylation sites is 1. The summed E-state index contributed by atoms with van der Waals surface area (Å²) < 4.78 is 29.0. The number of halogens is 1. The Morgan fingerprint density at radius 1 is 1.08 bits per heavy atom. The van der Waals surface area contributed by atoms with Crippen LogP contribution in [0.5, 0.6) is 0 Å². The second-order valence-electron chi connectivity index (χ2n) is 4.87. The molecule has 126 valence electrons. The highest BCUT2D eigenvalue weighted by Crippen LogP contribution is 2.21. The predicted molar refractivity (Wildman–Crippen MR) is 92.6 cm³/mol. The molecule has 0 unspecified atom stereocenters. The van der Waals surface area contributed by atoms with Gasteiger partial charge in [-0.1, -0.05) is 24.3 Å². The fraction of sp³-hybridized carbons (Fsp3) is 0.125. The number of amides is 1. The van der Waals surface area contributed by atoms with Crippen molar-refractivity contribution in [2.45, 2.75) is 4.90 Å². The number of carbonyl (C=O) groups excluding carboxylic acids is 2. The van der Waals surface area contributed by atoms with Crippen LogP contribution in [-0.2, 0) is 19.4 Å². The molecule has 0 fully saturated rings. The molecule has 0 spiro atoms. The molecule has 1 amide bonds. The number of nitrogens with one attached hydrogen (secondary N) is 1. The third-order valence-electron chi connectivity index (χ3n) is 2.99. The molecule has 0 aromatic heterocycles. The van der Waals surface area contributed by atoms with Crippen LogP contribution in [0.4, 0.5) is 5.69 Å². The smallest absolute Gasteiger partial charge is 0.339 e. The van der Waals surface area contributed by atoms with Crippen molar-refractivity contribution in [1.82, 2.24) is 0 Å². The summed E-state index contributed by atoms with van der Waals surface area (Å²) in [5.41, 5.74) is 0.434. The van der Waals surface area contributed by atoms with Crippen LogP contribution in [0.15, 0.2) is 57.9 Å². The zero-order chi connectivity index (χ0) is 17.7. The van der Waals surface area contributed by atoms with E-state index in [0.717, 1.165) is 6.26 Å². The van der Waals surface area contributed by atoms with Crippen molar-refractivity contribution in [2.75, 3.05) is 18.2 Å². The fourth-order valence-corrected chi connectivity index (χ4v) is 3.18. The molecule has 0 aliphatic rings. The molecule has 1 N–H and O–H groups in total. The van der Waals surface area contributed by atoms with Gasteiger partial charge in [-0.05, 0) is 40.2 Å².